The Labute approximate surface area is 104 Å². The first-order valence-corrected chi connectivity index (χ1v) is 6.91. The van der Waals surface area contributed by atoms with Crippen LogP contribution in [0.4, 0.5) is 0 Å². The number of carbonyl (C=O) groups excluding carboxylic acids is 1. The zero-order chi connectivity index (χ0) is 11.9. The van der Waals surface area contributed by atoms with Crippen LogP contribution in [0, 0.1) is 0 Å². The molecule has 3 nitrogen and oxygen atoms in total. The van der Waals surface area contributed by atoms with E-state index in [-0.39, 0.29) is 18.5 Å². The summed E-state index contributed by atoms with van der Waals surface area (Å²) in [6, 6.07) is 0. The molecule has 2 rings (SSSR count). The van der Waals surface area contributed by atoms with Crippen molar-refractivity contribution >= 4 is 5.78 Å². The van der Waals surface area contributed by atoms with E-state index in [1.165, 1.54) is 12.8 Å². The fourth-order valence-corrected chi connectivity index (χ4v) is 2.52. The summed E-state index contributed by atoms with van der Waals surface area (Å²) in [5, 5.41) is 3.30. The van der Waals surface area contributed by atoms with E-state index in [0.717, 1.165) is 50.8 Å². The first kappa shape index (κ1) is 12.8. The fourth-order valence-electron chi connectivity index (χ4n) is 2.52. The summed E-state index contributed by atoms with van der Waals surface area (Å²) in [5.41, 5.74) is 1.01. The van der Waals surface area contributed by atoms with Crippen LogP contribution in [-0.2, 0) is 9.53 Å². The third-order valence-electron chi connectivity index (χ3n) is 3.64. The molecule has 0 atom stereocenters. The first-order valence-electron chi connectivity index (χ1n) is 6.91. The number of ketones is 1. The Morgan fingerprint density at radius 1 is 1.29 bits per heavy atom. The summed E-state index contributed by atoms with van der Waals surface area (Å²) in [5.74, 6) is 0.213. The second-order valence-electron chi connectivity index (χ2n) is 5.01. The van der Waals surface area contributed by atoms with Crippen molar-refractivity contribution in [2.45, 2.75) is 51.0 Å². The number of hydrogen-bond donors (Lipinski definition) is 1. The lowest BCUT2D eigenvalue weighted by molar-refractivity contribution is -0.122. The van der Waals surface area contributed by atoms with Crippen LogP contribution in [0.25, 0.3) is 0 Å². The maximum absolute atomic E-state index is 12.0. The van der Waals surface area contributed by atoms with Gasteiger partial charge in [0.2, 0.25) is 0 Å². The molecular formula is C14H23NO2. The quantitative estimate of drug-likeness (QED) is 0.814. The molecule has 0 unspecified atom stereocenters. The lowest BCUT2D eigenvalue weighted by Gasteiger charge is -2.22. The molecule has 96 valence electrons. The van der Waals surface area contributed by atoms with Crippen LogP contribution in [0.3, 0.4) is 0 Å². The third kappa shape index (κ3) is 4.25. The van der Waals surface area contributed by atoms with Gasteiger partial charge in [0.05, 0.1) is 6.10 Å². The Hall–Kier alpha value is -0.670. The van der Waals surface area contributed by atoms with E-state index in [1.807, 2.05) is 0 Å². The van der Waals surface area contributed by atoms with Gasteiger partial charge in [0.25, 0.3) is 0 Å². The number of hydrogen-bond acceptors (Lipinski definition) is 3. The highest BCUT2D eigenvalue weighted by molar-refractivity contribution is 5.96. The molecule has 1 fully saturated rings. The average molecular weight is 237 g/mol. The number of ether oxygens (including phenoxy) is 1. The molecule has 1 aliphatic heterocycles. The van der Waals surface area contributed by atoms with E-state index < -0.39 is 0 Å². The van der Waals surface area contributed by atoms with Gasteiger partial charge in [-0.2, -0.15) is 0 Å². The van der Waals surface area contributed by atoms with E-state index in [1.54, 1.807) is 0 Å². The zero-order valence-corrected chi connectivity index (χ0v) is 10.5. The lowest BCUT2D eigenvalue weighted by atomic mass is 10.1. The van der Waals surface area contributed by atoms with Crippen LogP contribution in [-0.4, -0.2) is 31.6 Å². The largest absolute Gasteiger partial charge is 0.370 e. The van der Waals surface area contributed by atoms with Crippen molar-refractivity contribution in [3.63, 3.8) is 0 Å². The minimum Gasteiger partial charge on any atom is -0.370 e. The summed E-state index contributed by atoms with van der Waals surface area (Å²) in [6.07, 6.45) is 10.1. The second kappa shape index (κ2) is 6.92. The number of allylic oxidation sites excluding steroid dienone is 1. The highest BCUT2D eigenvalue weighted by Gasteiger charge is 2.17. The molecule has 0 aromatic carbocycles. The van der Waals surface area contributed by atoms with E-state index in [9.17, 15) is 4.79 Å². The third-order valence-corrected chi connectivity index (χ3v) is 3.64. The van der Waals surface area contributed by atoms with Crippen molar-refractivity contribution in [3.8, 4) is 0 Å². The van der Waals surface area contributed by atoms with Gasteiger partial charge in [0.15, 0.2) is 5.78 Å². The van der Waals surface area contributed by atoms with Crippen LogP contribution in [0.1, 0.15) is 44.9 Å². The fraction of sp³-hybridized carbons (Fsp3) is 0.786. The molecule has 1 N–H and O–H groups in total. The molecule has 3 heteroatoms. The summed E-state index contributed by atoms with van der Waals surface area (Å²) in [6.45, 7) is 2.32. The van der Waals surface area contributed by atoms with Gasteiger partial charge in [-0.3, -0.25) is 4.79 Å². The SMILES string of the molecule is O=C(COC1CCNCC1)C1=CCCCCC1. The monoisotopic (exact) mass is 237 g/mol. The molecule has 1 saturated heterocycles. The highest BCUT2D eigenvalue weighted by Crippen LogP contribution is 2.18. The maximum Gasteiger partial charge on any atom is 0.184 e. The lowest BCUT2D eigenvalue weighted by Crippen LogP contribution is -2.33. The van der Waals surface area contributed by atoms with Crippen molar-refractivity contribution in [2.75, 3.05) is 19.7 Å². The van der Waals surface area contributed by atoms with Crippen molar-refractivity contribution in [1.82, 2.24) is 5.32 Å². The Balaban J connectivity index is 1.73. The predicted molar refractivity (Wildman–Crippen MR) is 68.0 cm³/mol. The van der Waals surface area contributed by atoms with E-state index >= 15 is 0 Å². The van der Waals surface area contributed by atoms with Gasteiger partial charge in [-0.25, -0.2) is 0 Å². The molecule has 2 aliphatic rings. The number of Topliss-reactive ketones (excluding diaryl/α,β-unsaturated/α-hetero) is 1. The normalized spacial score (nSPS) is 22.9. The number of rotatable bonds is 4. The predicted octanol–water partition coefficient (Wildman–Crippen LogP) is 2.21. The van der Waals surface area contributed by atoms with Crippen molar-refractivity contribution in [3.05, 3.63) is 11.6 Å². The Bertz CT molecular complexity index is 280. The summed E-state index contributed by atoms with van der Waals surface area (Å²) in [7, 11) is 0. The molecule has 0 radical (unpaired) electrons. The zero-order valence-electron chi connectivity index (χ0n) is 10.5. The average Bonchev–Trinajstić information content (AvgIpc) is 2.66. The molecule has 0 aromatic rings. The van der Waals surface area contributed by atoms with Crippen molar-refractivity contribution < 1.29 is 9.53 Å². The Kier molecular flexibility index (Phi) is 5.20. The number of piperidine rings is 1. The Morgan fingerprint density at radius 3 is 2.94 bits per heavy atom. The number of nitrogens with one attached hydrogen (secondary N) is 1. The first-order chi connectivity index (χ1) is 8.36. The van der Waals surface area contributed by atoms with E-state index in [0.29, 0.717) is 0 Å². The maximum atomic E-state index is 12.0. The molecule has 0 aromatic heterocycles. The molecular weight excluding hydrogens is 214 g/mol. The molecule has 0 spiro atoms. The number of carbonyl (C=O) groups is 1. The standard InChI is InChI=1S/C14H23NO2/c16-14(12-5-3-1-2-4-6-12)11-17-13-7-9-15-10-8-13/h5,13,15H,1-4,6-11H2. The highest BCUT2D eigenvalue weighted by atomic mass is 16.5. The van der Waals surface area contributed by atoms with E-state index in [4.69, 9.17) is 4.74 Å². The van der Waals surface area contributed by atoms with E-state index in [2.05, 4.69) is 11.4 Å². The second-order valence-corrected chi connectivity index (χ2v) is 5.01. The van der Waals surface area contributed by atoms with Gasteiger partial charge in [0.1, 0.15) is 6.61 Å². The minimum atomic E-state index is 0.213. The molecule has 17 heavy (non-hydrogen) atoms. The minimum absolute atomic E-state index is 0.213. The van der Waals surface area contributed by atoms with Gasteiger partial charge in [-0.15, -0.1) is 0 Å². The van der Waals surface area contributed by atoms with Crippen molar-refractivity contribution in [1.29, 1.82) is 0 Å². The van der Waals surface area contributed by atoms with Crippen molar-refractivity contribution in [2.24, 2.45) is 0 Å². The topological polar surface area (TPSA) is 38.3 Å². The molecule has 1 heterocycles. The summed E-state index contributed by atoms with van der Waals surface area (Å²) in [4.78, 5) is 12.0. The van der Waals surface area contributed by atoms with Gasteiger partial charge in [-0.1, -0.05) is 12.5 Å². The smallest absolute Gasteiger partial charge is 0.184 e. The van der Waals surface area contributed by atoms with Crippen LogP contribution >= 0.6 is 0 Å². The molecule has 0 bridgehead atoms. The van der Waals surface area contributed by atoms with Gasteiger partial charge in [0, 0.05) is 0 Å². The molecule has 1 aliphatic carbocycles. The molecule has 0 saturated carbocycles. The van der Waals surface area contributed by atoms with Crippen LogP contribution in [0.15, 0.2) is 11.6 Å². The van der Waals surface area contributed by atoms with Crippen LogP contribution < -0.4 is 5.32 Å². The van der Waals surface area contributed by atoms with Gasteiger partial charge in [-0.05, 0) is 57.2 Å². The van der Waals surface area contributed by atoms with Gasteiger partial charge < -0.3 is 10.1 Å². The Morgan fingerprint density at radius 2 is 2.12 bits per heavy atom. The van der Waals surface area contributed by atoms with Gasteiger partial charge >= 0.3 is 0 Å². The summed E-state index contributed by atoms with van der Waals surface area (Å²) < 4.78 is 5.71. The van der Waals surface area contributed by atoms with Crippen LogP contribution in [0.5, 0.6) is 0 Å². The summed E-state index contributed by atoms with van der Waals surface area (Å²) >= 11 is 0. The molecule has 0 amide bonds. The van der Waals surface area contributed by atoms with Crippen LogP contribution in [0.2, 0.25) is 0 Å².